The van der Waals surface area contributed by atoms with Crippen molar-refractivity contribution < 1.29 is 13.2 Å². The number of thiophene rings is 1. The SMILES string of the molecule is Cc1ccc(S(=O)(=O)NC(=O)c2cc3c(nc4sccn43)s2)c(C)c1. The van der Waals surface area contributed by atoms with Crippen molar-refractivity contribution in [3.05, 3.63) is 51.8 Å². The number of sulfonamides is 1. The smallest absolute Gasteiger partial charge is 0.275 e. The summed E-state index contributed by atoms with van der Waals surface area (Å²) < 4.78 is 29.1. The second-order valence-electron chi connectivity index (χ2n) is 5.67. The molecule has 1 N–H and O–H groups in total. The van der Waals surface area contributed by atoms with Crippen LogP contribution in [0.25, 0.3) is 15.3 Å². The molecule has 0 radical (unpaired) electrons. The van der Waals surface area contributed by atoms with Crippen molar-refractivity contribution in [2.75, 3.05) is 0 Å². The molecular weight excluding hydrogens is 378 g/mol. The van der Waals surface area contributed by atoms with Gasteiger partial charge in [-0.05, 0) is 31.5 Å². The lowest BCUT2D eigenvalue weighted by atomic mass is 10.2. The topological polar surface area (TPSA) is 80.5 Å². The summed E-state index contributed by atoms with van der Waals surface area (Å²) in [6.45, 7) is 3.59. The number of carbonyl (C=O) groups is 1. The molecule has 0 aliphatic heterocycles. The Balaban J connectivity index is 1.67. The Hall–Kier alpha value is -2.23. The minimum Gasteiger partial charge on any atom is -0.289 e. The van der Waals surface area contributed by atoms with Crippen LogP contribution in [0.15, 0.2) is 40.7 Å². The Morgan fingerprint density at radius 2 is 2.04 bits per heavy atom. The van der Waals surface area contributed by atoms with E-state index in [2.05, 4.69) is 9.71 Å². The fourth-order valence-corrected chi connectivity index (χ4v) is 5.64. The molecule has 4 aromatic rings. The van der Waals surface area contributed by atoms with Crippen LogP contribution in [-0.2, 0) is 10.0 Å². The number of thiazole rings is 1. The number of nitrogens with zero attached hydrogens (tertiary/aromatic N) is 2. The highest BCUT2D eigenvalue weighted by molar-refractivity contribution is 7.90. The zero-order valence-electron chi connectivity index (χ0n) is 13.3. The molecule has 4 rings (SSSR count). The van der Waals surface area contributed by atoms with Crippen LogP contribution in [0, 0.1) is 13.8 Å². The third-order valence-corrected chi connectivity index (χ3v) is 7.08. The van der Waals surface area contributed by atoms with E-state index in [0.29, 0.717) is 15.3 Å². The van der Waals surface area contributed by atoms with Crippen LogP contribution < -0.4 is 4.72 Å². The first kappa shape index (κ1) is 16.2. The van der Waals surface area contributed by atoms with Crippen LogP contribution in [-0.4, -0.2) is 23.7 Å². The van der Waals surface area contributed by atoms with Gasteiger partial charge in [0.2, 0.25) is 0 Å². The quantitative estimate of drug-likeness (QED) is 0.581. The molecule has 0 unspecified atom stereocenters. The van der Waals surface area contributed by atoms with E-state index < -0.39 is 15.9 Å². The molecule has 0 fully saturated rings. The number of nitrogens with one attached hydrogen (secondary N) is 1. The van der Waals surface area contributed by atoms with E-state index in [1.54, 1.807) is 25.1 Å². The number of carbonyl (C=O) groups excluding carboxylic acids is 1. The number of amides is 1. The molecule has 0 aliphatic rings. The van der Waals surface area contributed by atoms with E-state index in [4.69, 9.17) is 0 Å². The molecule has 128 valence electrons. The van der Waals surface area contributed by atoms with Gasteiger partial charge in [0.05, 0.1) is 15.3 Å². The molecule has 6 nitrogen and oxygen atoms in total. The summed E-state index contributed by atoms with van der Waals surface area (Å²) in [6, 6.07) is 6.66. The van der Waals surface area contributed by atoms with Gasteiger partial charge in [0.25, 0.3) is 15.9 Å². The predicted octanol–water partition coefficient (Wildman–Crippen LogP) is 3.35. The Kier molecular flexibility index (Phi) is 3.67. The maximum Gasteiger partial charge on any atom is 0.275 e. The van der Waals surface area contributed by atoms with Crippen molar-refractivity contribution in [1.82, 2.24) is 14.1 Å². The molecule has 0 atom stereocenters. The lowest BCUT2D eigenvalue weighted by molar-refractivity contribution is 0.0985. The number of imidazole rings is 1. The van der Waals surface area contributed by atoms with Gasteiger partial charge in [-0.1, -0.05) is 17.7 Å². The number of aryl methyl sites for hydroxylation is 2. The highest BCUT2D eigenvalue weighted by Crippen LogP contribution is 2.28. The van der Waals surface area contributed by atoms with Crippen LogP contribution >= 0.6 is 22.7 Å². The fourth-order valence-electron chi connectivity index (χ4n) is 2.69. The lowest BCUT2D eigenvalue weighted by Gasteiger charge is -2.09. The van der Waals surface area contributed by atoms with E-state index in [-0.39, 0.29) is 4.90 Å². The Labute approximate surface area is 151 Å². The third kappa shape index (κ3) is 2.74. The van der Waals surface area contributed by atoms with E-state index in [1.165, 1.54) is 28.7 Å². The summed E-state index contributed by atoms with van der Waals surface area (Å²) in [4.78, 5) is 18.8. The molecule has 0 saturated carbocycles. The zero-order chi connectivity index (χ0) is 17.8. The summed E-state index contributed by atoms with van der Waals surface area (Å²) in [5, 5.41) is 1.91. The van der Waals surface area contributed by atoms with Crippen LogP contribution in [0.2, 0.25) is 0 Å². The lowest BCUT2D eigenvalue weighted by Crippen LogP contribution is -2.30. The molecule has 1 amide bonds. The molecule has 0 saturated heterocycles. The number of rotatable bonds is 3. The van der Waals surface area contributed by atoms with Gasteiger partial charge in [-0.2, -0.15) is 0 Å². The number of aromatic nitrogens is 2. The average Bonchev–Trinajstić information content (AvgIpc) is 3.17. The first-order chi connectivity index (χ1) is 11.8. The Morgan fingerprint density at radius 1 is 1.24 bits per heavy atom. The van der Waals surface area contributed by atoms with Gasteiger partial charge in [-0.25, -0.2) is 18.1 Å². The van der Waals surface area contributed by atoms with Crippen LogP contribution in [0.5, 0.6) is 0 Å². The maximum atomic E-state index is 12.5. The van der Waals surface area contributed by atoms with Gasteiger partial charge >= 0.3 is 0 Å². The minimum atomic E-state index is -3.93. The summed E-state index contributed by atoms with van der Waals surface area (Å²) in [6.07, 6.45) is 1.87. The number of hydrogen-bond acceptors (Lipinski definition) is 6. The molecule has 25 heavy (non-hydrogen) atoms. The summed E-state index contributed by atoms with van der Waals surface area (Å²) in [7, 11) is -3.93. The van der Waals surface area contributed by atoms with Gasteiger partial charge in [0, 0.05) is 11.6 Å². The number of hydrogen-bond donors (Lipinski definition) is 1. The first-order valence-electron chi connectivity index (χ1n) is 7.35. The molecule has 9 heteroatoms. The monoisotopic (exact) mass is 391 g/mol. The predicted molar refractivity (Wildman–Crippen MR) is 99.0 cm³/mol. The maximum absolute atomic E-state index is 12.5. The van der Waals surface area contributed by atoms with Crippen molar-refractivity contribution in [3.8, 4) is 0 Å². The second kappa shape index (κ2) is 5.65. The van der Waals surface area contributed by atoms with E-state index in [1.807, 2.05) is 22.9 Å². The first-order valence-corrected chi connectivity index (χ1v) is 10.5. The van der Waals surface area contributed by atoms with E-state index >= 15 is 0 Å². The average molecular weight is 391 g/mol. The van der Waals surface area contributed by atoms with Gasteiger partial charge in [-0.3, -0.25) is 9.20 Å². The Morgan fingerprint density at radius 3 is 2.80 bits per heavy atom. The highest BCUT2D eigenvalue weighted by Gasteiger charge is 2.23. The van der Waals surface area contributed by atoms with Crippen molar-refractivity contribution in [1.29, 1.82) is 0 Å². The van der Waals surface area contributed by atoms with Crippen LogP contribution in [0.4, 0.5) is 0 Å². The largest absolute Gasteiger partial charge is 0.289 e. The third-order valence-electron chi connectivity index (χ3n) is 3.81. The molecule has 0 bridgehead atoms. The molecule has 3 aromatic heterocycles. The van der Waals surface area contributed by atoms with Crippen molar-refractivity contribution >= 4 is 53.9 Å². The van der Waals surface area contributed by atoms with Crippen molar-refractivity contribution in [3.63, 3.8) is 0 Å². The Bertz CT molecular complexity index is 1230. The second-order valence-corrected chi connectivity index (χ2v) is 9.23. The molecule has 0 aliphatic carbocycles. The van der Waals surface area contributed by atoms with Crippen molar-refractivity contribution in [2.45, 2.75) is 18.7 Å². The van der Waals surface area contributed by atoms with Crippen molar-refractivity contribution in [2.24, 2.45) is 0 Å². The summed E-state index contributed by atoms with van der Waals surface area (Å²) >= 11 is 2.68. The van der Waals surface area contributed by atoms with Crippen LogP contribution in [0.3, 0.4) is 0 Å². The fraction of sp³-hybridized carbons (Fsp3) is 0.125. The van der Waals surface area contributed by atoms with E-state index in [0.717, 1.165) is 16.0 Å². The summed E-state index contributed by atoms with van der Waals surface area (Å²) in [5.74, 6) is -0.646. The van der Waals surface area contributed by atoms with Gasteiger partial charge in [-0.15, -0.1) is 22.7 Å². The normalized spacial score (nSPS) is 12.1. The van der Waals surface area contributed by atoms with Gasteiger partial charge in [0.15, 0.2) is 4.96 Å². The van der Waals surface area contributed by atoms with Crippen LogP contribution in [0.1, 0.15) is 20.8 Å². The highest BCUT2D eigenvalue weighted by atomic mass is 32.2. The molecular formula is C16H13N3O3S3. The number of fused-ring (bicyclic) bond motifs is 3. The minimum absolute atomic E-state index is 0.106. The standard InChI is InChI=1S/C16H13N3O3S3/c1-9-3-4-13(10(2)7-9)25(21,22)18-14(20)12-8-11-15(24-12)17-16-19(11)5-6-23-16/h3-8H,1-2H3,(H,18,20). The number of benzene rings is 1. The zero-order valence-corrected chi connectivity index (χ0v) is 15.8. The molecule has 0 spiro atoms. The van der Waals surface area contributed by atoms with Gasteiger partial charge in [0.1, 0.15) is 4.83 Å². The van der Waals surface area contributed by atoms with Gasteiger partial charge < -0.3 is 0 Å². The summed E-state index contributed by atoms with van der Waals surface area (Å²) in [5.41, 5.74) is 2.36. The molecule has 3 heterocycles. The van der Waals surface area contributed by atoms with E-state index in [9.17, 15) is 13.2 Å². The molecule has 1 aromatic carbocycles.